The number of cyclic esters (lactones) is 1. The lowest BCUT2D eigenvalue weighted by Gasteiger charge is -2.21. The average Bonchev–Trinajstić information content (AvgIpc) is 2.84. The number of anilines is 1. The Morgan fingerprint density at radius 2 is 2.00 bits per heavy atom. The minimum absolute atomic E-state index is 0.234. The smallest absolute Gasteiger partial charge is 0.415 e. The first-order valence-electron chi connectivity index (χ1n) is 8.57. The number of nitrogens with zero attached hydrogens (tertiary/aromatic N) is 1. The maximum absolute atomic E-state index is 12.3. The number of amides is 1. The molecule has 8 heteroatoms. The minimum atomic E-state index is -3.40. The van der Waals surface area contributed by atoms with E-state index in [0.29, 0.717) is 35.6 Å². The number of ether oxygens (including phenoxy) is 2. The van der Waals surface area contributed by atoms with Crippen molar-refractivity contribution < 1.29 is 27.8 Å². The van der Waals surface area contributed by atoms with Gasteiger partial charge < -0.3 is 14.6 Å². The van der Waals surface area contributed by atoms with Gasteiger partial charge in [0.2, 0.25) is 0 Å². The Bertz CT molecular complexity index is 1000. The molecule has 2 atom stereocenters. The largest absolute Gasteiger partial charge is 0.491 e. The predicted molar refractivity (Wildman–Crippen MR) is 98.7 cm³/mol. The summed E-state index contributed by atoms with van der Waals surface area (Å²) in [5.74, 6) is 0.480. The molecule has 0 unspecified atom stereocenters. The van der Waals surface area contributed by atoms with Crippen molar-refractivity contribution in [2.24, 2.45) is 0 Å². The van der Waals surface area contributed by atoms with Crippen LogP contribution in [0.15, 0.2) is 47.4 Å². The molecular weight excluding hydrogens is 370 g/mol. The van der Waals surface area contributed by atoms with Crippen molar-refractivity contribution in [3.05, 3.63) is 42.5 Å². The zero-order valence-corrected chi connectivity index (χ0v) is 15.5. The zero-order valence-electron chi connectivity index (χ0n) is 14.7. The lowest BCUT2D eigenvalue weighted by atomic mass is 10.0. The molecule has 0 spiro atoms. The highest BCUT2D eigenvalue weighted by atomic mass is 32.2. The van der Waals surface area contributed by atoms with E-state index < -0.39 is 22.0 Å². The minimum Gasteiger partial charge on any atom is -0.491 e. The summed E-state index contributed by atoms with van der Waals surface area (Å²) in [5.41, 5.74) is 1.81. The van der Waals surface area contributed by atoms with Crippen molar-refractivity contribution in [3.8, 4) is 16.9 Å². The van der Waals surface area contributed by atoms with Crippen molar-refractivity contribution in [1.82, 2.24) is 0 Å². The molecule has 1 saturated heterocycles. The van der Waals surface area contributed by atoms with E-state index in [4.69, 9.17) is 9.47 Å². The highest BCUT2D eigenvalue weighted by molar-refractivity contribution is 7.90. The predicted octanol–water partition coefficient (Wildman–Crippen LogP) is 2.23. The molecule has 2 heterocycles. The molecule has 0 radical (unpaired) electrons. The Hall–Kier alpha value is -2.58. The number of fused-ring (bicyclic) bond motifs is 3. The van der Waals surface area contributed by atoms with Gasteiger partial charge in [-0.2, -0.15) is 0 Å². The number of aliphatic hydroxyl groups is 1. The molecule has 1 fully saturated rings. The Balaban J connectivity index is 1.81. The molecule has 0 bridgehead atoms. The van der Waals surface area contributed by atoms with Crippen LogP contribution in [0.2, 0.25) is 0 Å². The fourth-order valence-corrected chi connectivity index (χ4v) is 4.54. The summed E-state index contributed by atoms with van der Waals surface area (Å²) in [6.07, 6.45) is 0.597. The standard InChI is InChI=1S/C19H19NO6S/c1-27(23,24)18-5-3-2-4-13(18)12-6-7-14-16(10-12)25-9-8-15-17(11-21)26-19(22)20(14)15/h2-7,10,15,17,21H,8-9,11H2,1H3/t15-,17-/m0/s1. The first kappa shape index (κ1) is 17.8. The van der Waals surface area contributed by atoms with Crippen LogP contribution in [-0.2, 0) is 14.6 Å². The molecule has 0 saturated carbocycles. The van der Waals surface area contributed by atoms with E-state index in [1.165, 1.54) is 11.2 Å². The molecular formula is C19H19NO6S. The summed E-state index contributed by atoms with van der Waals surface area (Å²) in [6.45, 7) is 0.112. The molecule has 1 N–H and O–H groups in total. The molecule has 2 aliphatic heterocycles. The van der Waals surface area contributed by atoms with Crippen LogP contribution in [0, 0.1) is 0 Å². The lowest BCUT2D eigenvalue weighted by Crippen LogP contribution is -2.37. The number of hydrogen-bond acceptors (Lipinski definition) is 6. The monoisotopic (exact) mass is 389 g/mol. The van der Waals surface area contributed by atoms with Crippen molar-refractivity contribution in [3.63, 3.8) is 0 Å². The van der Waals surface area contributed by atoms with E-state index in [0.717, 1.165) is 0 Å². The molecule has 2 aromatic carbocycles. The van der Waals surface area contributed by atoms with Gasteiger partial charge in [0.05, 0.1) is 29.8 Å². The zero-order chi connectivity index (χ0) is 19.2. The van der Waals surface area contributed by atoms with Crippen molar-refractivity contribution in [1.29, 1.82) is 0 Å². The van der Waals surface area contributed by atoms with Crippen molar-refractivity contribution in [2.75, 3.05) is 24.4 Å². The van der Waals surface area contributed by atoms with Crippen LogP contribution < -0.4 is 9.64 Å². The van der Waals surface area contributed by atoms with Gasteiger partial charge in [-0.1, -0.05) is 24.3 Å². The van der Waals surface area contributed by atoms with Crippen LogP contribution in [0.5, 0.6) is 5.75 Å². The first-order chi connectivity index (χ1) is 12.9. The van der Waals surface area contributed by atoms with E-state index in [9.17, 15) is 18.3 Å². The molecule has 2 aromatic rings. The van der Waals surface area contributed by atoms with Gasteiger partial charge in [0.25, 0.3) is 0 Å². The number of benzene rings is 2. The normalized spacial score (nSPS) is 21.7. The summed E-state index contributed by atoms with van der Waals surface area (Å²) >= 11 is 0. The Morgan fingerprint density at radius 3 is 2.74 bits per heavy atom. The Kier molecular flexibility index (Phi) is 4.32. The van der Waals surface area contributed by atoms with Crippen LogP contribution in [0.3, 0.4) is 0 Å². The highest BCUT2D eigenvalue weighted by Crippen LogP contribution is 2.41. The Labute approximate surface area is 157 Å². The number of sulfone groups is 1. The number of carbonyl (C=O) groups is 1. The first-order valence-corrected chi connectivity index (χ1v) is 10.5. The molecule has 2 aliphatic rings. The molecule has 142 valence electrons. The van der Waals surface area contributed by atoms with Crippen molar-refractivity contribution >= 4 is 21.6 Å². The average molecular weight is 389 g/mol. The molecule has 0 aromatic heterocycles. The third kappa shape index (κ3) is 3.04. The van der Waals surface area contributed by atoms with E-state index in [1.54, 1.807) is 42.5 Å². The van der Waals surface area contributed by atoms with Crippen molar-refractivity contribution in [2.45, 2.75) is 23.5 Å². The van der Waals surface area contributed by atoms with Gasteiger partial charge in [0.1, 0.15) is 11.9 Å². The van der Waals surface area contributed by atoms with Gasteiger partial charge in [0, 0.05) is 18.2 Å². The summed E-state index contributed by atoms with van der Waals surface area (Å²) in [7, 11) is -3.40. The molecule has 1 amide bonds. The van der Waals surface area contributed by atoms with E-state index >= 15 is 0 Å². The topological polar surface area (TPSA) is 93.1 Å². The summed E-state index contributed by atoms with van der Waals surface area (Å²) in [4.78, 5) is 14.0. The quantitative estimate of drug-likeness (QED) is 0.865. The second-order valence-electron chi connectivity index (χ2n) is 6.63. The van der Waals surface area contributed by atoms with Gasteiger partial charge in [-0.25, -0.2) is 13.2 Å². The highest BCUT2D eigenvalue weighted by Gasteiger charge is 2.44. The van der Waals surface area contributed by atoms with Crippen LogP contribution in [0.1, 0.15) is 6.42 Å². The summed E-state index contributed by atoms with van der Waals surface area (Å²) in [5, 5.41) is 9.46. The van der Waals surface area contributed by atoms with Crippen LogP contribution in [-0.4, -0.2) is 51.2 Å². The van der Waals surface area contributed by atoms with Crippen LogP contribution in [0.25, 0.3) is 11.1 Å². The summed E-state index contributed by atoms with van der Waals surface area (Å²) < 4.78 is 35.3. The van der Waals surface area contributed by atoms with E-state index in [2.05, 4.69) is 0 Å². The van der Waals surface area contributed by atoms with Crippen LogP contribution >= 0.6 is 0 Å². The Morgan fingerprint density at radius 1 is 1.22 bits per heavy atom. The molecule has 27 heavy (non-hydrogen) atoms. The fraction of sp³-hybridized carbons (Fsp3) is 0.316. The molecule has 7 nitrogen and oxygen atoms in total. The van der Waals surface area contributed by atoms with Gasteiger partial charge in [-0.3, -0.25) is 4.90 Å². The van der Waals surface area contributed by atoms with Crippen LogP contribution in [0.4, 0.5) is 10.5 Å². The van der Waals surface area contributed by atoms with Gasteiger partial charge >= 0.3 is 6.09 Å². The number of hydrogen-bond donors (Lipinski definition) is 1. The maximum Gasteiger partial charge on any atom is 0.415 e. The van der Waals surface area contributed by atoms with E-state index in [1.807, 2.05) is 0 Å². The fourth-order valence-electron chi connectivity index (χ4n) is 3.63. The number of carbonyl (C=O) groups excluding carboxylic acids is 1. The lowest BCUT2D eigenvalue weighted by molar-refractivity contribution is 0.0793. The molecule has 4 rings (SSSR count). The summed E-state index contributed by atoms with van der Waals surface area (Å²) in [6, 6.07) is 11.7. The van der Waals surface area contributed by atoms with E-state index in [-0.39, 0.29) is 17.5 Å². The third-order valence-corrected chi connectivity index (χ3v) is 6.03. The maximum atomic E-state index is 12.3. The van der Waals surface area contributed by atoms with Gasteiger partial charge in [-0.05, 0) is 23.8 Å². The number of aliphatic hydroxyl groups excluding tert-OH is 1. The second kappa shape index (κ2) is 6.54. The molecule has 0 aliphatic carbocycles. The second-order valence-corrected chi connectivity index (χ2v) is 8.61. The third-order valence-electron chi connectivity index (χ3n) is 4.88. The number of rotatable bonds is 3. The van der Waals surface area contributed by atoms with Gasteiger partial charge in [-0.15, -0.1) is 0 Å². The SMILES string of the molecule is CS(=O)(=O)c1ccccc1-c1ccc2c(c1)OCC[C@H]1[C@H](CO)OC(=O)N21. The van der Waals surface area contributed by atoms with Gasteiger partial charge in [0.15, 0.2) is 9.84 Å².